The molecule has 0 atom stereocenters. The predicted octanol–water partition coefficient (Wildman–Crippen LogP) is 1.40. The second-order valence-electron chi connectivity index (χ2n) is 6.49. The van der Waals surface area contributed by atoms with E-state index >= 15 is 0 Å². The predicted molar refractivity (Wildman–Crippen MR) is 105 cm³/mol. The number of hydrogen-bond donors (Lipinski definition) is 1. The number of nitrogens with zero attached hydrogens (tertiary/aromatic N) is 2. The van der Waals surface area contributed by atoms with Crippen LogP contribution in [0.5, 0.6) is 5.88 Å². The highest BCUT2D eigenvalue weighted by Crippen LogP contribution is 2.10. The Morgan fingerprint density at radius 3 is 2.82 bits per heavy atom. The van der Waals surface area contributed by atoms with Gasteiger partial charge < -0.3 is 19.4 Å². The van der Waals surface area contributed by atoms with E-state index < -0.39 is 21.5 Å². The highest BCUT2D eigenvalue weighted by molar-refractivity contribution is 7.91. The molecule has 0 spiro atoms. The molecule has 8 nitrogen and oxygen atoms in total. The van der Waals surface area contributed by atoms with Gasteiger partial charge in [-0.1, -0.05) is 6.08 Å². The van der Waals surface area contributed by atoms with Crippen LogP contribution >= 0.6 is 0 Å². The normalized spacial score (nSPS) is 11.8. The number of rotatable bonds is 11. The maximum atomic E-state index is 11.9. The van der Waals surface area contributed by atoms with Crippen LogP contribution in [0.15, 0.2) is 53.5 Å². The summed E-state index contributed by atoms with van der Waals surface area (Å²) in [6.45, 7) is 1.31. The highest BCUT2D eigenvalue weighted by Gasteiger charge is 2.17. The van der Waals surface area contributed by atoms with Crippen molar-refractivity contribution in [3.05, 3.63) is 60.2 Å². The summed E-state index contributed by atoms with van der Waals surface area (Å²) in [4.78, 5) is 18.0. The first kappa shape index (κ1) is 21.6. The van der Waals surface area contributed by atoms with Crippen molar-refractivity contribution in [1.82, 2.24) is 15.2 Å². The van der Waals surface area contributed by atoms with Gasteiger partial charge in [-0.3, -0.25) is 4.79 Å². The molecular weight excluding hydrogens is 382 g/mol. The van der Waals surface area contributed by atoms with E-state index in [9.17, 15) is 13.2 Å². The standard InChI is InChI=1S/C19H25N3O5S/c1-22(2)12-16-5-8-21-19(11-16)27-9-4-3-7-20-18(23)15-28(24,25)14-17-6-10-26-13-17/h3-6,8,10-11,13H,7,9,12,14-15H2,1-2H3,(H,20,23)/b4-3+. The fourth-order valence-electron chi connectivity index (χ4n) is 2.38. The summed E-state index contributed by atoms with van der Waals surface area (Å²) in [5, 5.41) is 2.54. The van der Waals surface area contributed by atoms with Gasteiger partial charge in [-0.2, -0.15) is 0 Å². The largest absolute Gasteiger partial charge is 0.473 e. The lowest BCUT2D eigenvalue weighted by atomic mass is 10.2. The van der Waals surface area contributed by atoms with Gasteiger partial charge in [-0.25, -0.2) is 13.4 Å². The van der Waals surface area contributed by atoms with E-state index in [1.807, 2.05) is 26.2 Å². The minimum absolute atomic E-state index is 0.220. The third-order valence-electron chi connectivity index (χ3n) is 3.53. The van der Waals surface area contributed by atoms with Gasteiger partial charge >= 0.3 is 0 Å². The van der Waals surface area contributed by atoms with Gasteiger partial charge in [0.1, 0.15) is 12.4 Å². The van der Waals surface area contributed by atoms with Gasteiger partial charge in [0.05, 0.1) is 18.3 Å². The van der Waals surface area contributed by atoms with Gasteiger partial charge in [0.15, 0.2) is 9.84 Å². The van der Waals surface area contributed by atoms with E-state index in [1.54, 1.807) is 24.4 Å². The van der Waals surface area contributed by atoms with Gasteiger partial charge in [0.25, 0.3) is 0 Å². The molecule has 9 heteroatoms. The monoisotopic (exact) mass is 407 g/mol. The summed E-state index contributed by atoms with van der Waals surface area (Å²) in [5.74, 6) is -0.809. The van der Waals surface area contributed by atoms with Crippen molar-refractivity contribution in [3.63, 3.8) is 0 Å². The van der Waals surface area contributed by atoms with E-state index in [2.05, 4.69) is 15.2 Å². The van der Waals surface area contributed by atoms with Crippen molar-refractivity contribution in [3.8, 4) is 5.88 Å². The summed E-state index contributed by atoms with van der Waals surface area (Å²) in [7, 11) is 0.441. The second-order valence-corrected chi connectivity index (χ2v) is 8.55. The fourth-order valence-corrected chi connectivity index (χ4v) is 3.66. The van der Waals surface area contributed by atoms with E-state index in [-0.39, 0.29) is 12.3 Å². The van der Waals surface area contributed by atoms with Crippen LogP contribution in [0.1, 0.15) is 11.1 Å². The van der Waals surface area contributed by atoms with Gasteiger partial charge in [0.2, 0.25) is 11.8 Å². The lowest BCUT2D eigenvalue weighted by molar-refractivity contribution is -0.118. The number of pyridine rings is 1. The summed E-state index contributed by atoms with van der Waals surface area (Å²) in [5.41, 5.74) is 1.62. The first-order valence-corrected chi connectivity index (χ1v) is 10.5. The molecule has 0 radical (unpaired) electrons. The topological polar surface area (TPSA) is 102 Å². The van der Waals surface area contributed by atoms with E-state index in [0.717, 1.165) is 12.1 Å². The SMILES string of the molecule is CN(C)Cc1ccnc(OC/C=C/CNC(=O)CS(=O)(=O)Cc2ccoc2)c1. The number of ether oxygens (including phenoxy) is 1. The number of amides is 1. The molecule has 2 heterocycles. The Kier molecular flexibility index (Phi) is 8.21. The van der Waals surface area contributed by atoms with Gasteiger partial charge in [-0.05, 0) is 37.9 Å². The molecule has 0 bridgehead atoms. The lowest BCUT2D eigenvalue weighted by Gasteiger charge is -2.10. The van der Waals surface area contributed by atoms with Crippen LogP contribution in [0.2, 0.25) is 0 Å². The molecule has 0 aliphatic heterocycles. The highest BCUT2D eigenvalue weighted by atomic mass is 32.2. The number of furan rings is 1. The number of hydrogen-bond acceptors (Lipinski definition) is 7. The molecule has 0 fully saturated rings. The molecule has 2 rings (SSSR count). The average Bonchev–Trinajstić information content (AvgIpc) is 3.09. The Morgan fingerprint density at radius 1 is 1.29 bits per heavy atom. The maximum Gasteiger partial charge on any atom is 0.235 e. The zero-order chi connectivity index (χ0) is 20.4. The summed E-state index contributed by atoms with van der Waals surface area (Å²) >= 11 is 0. The number of sulfone groups is 1. The molecule has 2 aromatic heterocycles. The molecule has 1 N–H and O–H groups in total. The molecule has 152 valence electrons. The van der Waals surface area contributed by atoms with Gasteiger partial charge in [0, 0.05) is 30.9 Å². The minimum Gasteiger partial charge on any atom is -0.473 e. The van der Waals surface area contributed by atoms with Crippen molar-refractivity contribution in [2.75, 3.05) is 33.0 Å². The van der Waals surface area contributed by atoms with Crippen LogP contribution in [-0.4, -0.2) is 57.2 Å². The first-order valence-electron chi connectivity index (χ1n) is 8.70. The molecular formula is C19H25N3O5S. The third kappa shape index (κ3) is 8.36. The number of carbonyl (C=O) groups excluding carboxylic acids is 1. The molecule has 0 saturated carbocycles. The van der Waals surface area contributed by atoms with E-state index in [4.69, 9.17) is 9.15 Å². The van der Waals surface area contributed by atoms with Crippen molar-refractivity contribution in [1.29, 1.82) is 0 Å². The molecule has 0 aliphatic carbocycles. The van der Waals surface area contributed by atoms with E-state index in [1.165, 1.54) is 12.5 Å². The second kappa shape index (κ2) is 10.6. The summed E-state index contributed by atoms with van der Waals surface area (Å²) in [6.07, 6.45) is 7.88. The van der Waals surface area contributed by atoms with Gasteiger partial charge in [-0.15, -0.1) is 0 Å². The molecule has 0 aliphatic rings. The lowest BCUT2D eigenvalue weighted by Crippen LogP contribution is -2.30. The fraction of sp³-hybridized carbons (Fsp3) is 0.368. The first-order chi connectivity index (χ1) is 13.3. The maximum absolute atomic E-state index is 11.9. The molecule has 0 saturated heterocycles. The number of aromatic nitrogens is 1. The Bertz CT molecular complexity index is 877. The molecule has 28 heavy (non-hydrogen) atoms. The average molecular weight is 407 g/mol. The summed E-state index contributed by atoms with van der Waals surface area (Å²) in [6, 6.07) is 5.36. The van der Waals surface area contributed by atoms with Crippen LogP contribution in [0, 0.1) is 0 Å². The zero-order valence-electron chi connectivity index (χ0n) is 16.0. The smallest absolute Gasteiger partial charge is 0.235 e. The zero-order valence-corrected chi connectivity index (χ0v) is 16.8. The Morgan fingerprint density at radius 2 is 2.11 bits per heavy atom. The van der Waals surface area contributed by atoms with Crippen molar-refractivity contribution in [2.45, 2.75) is 12.3 Å². The van der Waals surface area contributed by atoms with Crippen LogP contribution in [0.3, 0.4) is 0 Å². The Hall–Kier alpha value is -2.65. The molecule has 0 unspecified atom stereocenters. The molecule has 2 aromatic rings. The minimum atomic E-state index is -3.53. The van der Waals surface area contributed by atoms with Crippen molar-refractivity contribution < 1.29 is 22.4 Å². The molecule has 1 amide bonds. The van der Waals surface area contributed by atoms with E-state index in [0.29, 0.717) is 18.1 Å². The summed E-state index contributed by atoms with van der Waals surface area (Å²) < 4.78 is 34.3. The van der Waals surface area contributed by atoms with Crippen LogP contribution in [0.25, 0.3) is 0 Å². The Labute approximate surface area is 165 Å². The number of nitrogens with one attached hydrogen (secondary N) is 1. The Balaban J connectivity index is 1.67. The van der Waals surface area contributed by atoms with Crippen molar-refractivity contribution >= 4 is 15.7 Å². The van der Waals surface area contributed by atoms with Crippen molar-refractivity contribution in [2.24, 2.45) is 0 Å². The quantitative estimate of drug-likeness (QED) is 0.562. The van der Waals surface area contributed by atoms with Crippen LogP contribution in [0.4, 0.5) is 0 Å². The van der Waals surface area contributed by atoms with Crippen LogP contribution in [-0.2, 0) is 26.9 Å². The number of carbonyl (C=O) groups is 1. The third-order valence-corrected chi connectivity index (χ3v) is 5.00. The molecule has 0 aromatic carbocycles. The van der Waals surface area contributed by atoms with Crippen LogP contribution < -0.4 is 10.1 Å².